The highest BCUT2D eigenvalue weighted by atomic mass is 35.5. The Morgan fingerprint density at radius 2 is 1.62 bits per heavy atom. The van der Waals surface area contributed by atoms with Crippen molar-refractivity contribution in [3.8, 4) is 11.1 Å². The molecular weight excluding hydrogens is 287 g/mol. The fourth-order valence-corrected chi connectivity index (χ4v) is 2.20. The Morgan fingerprint density at radius 1 is 1.00 bits per heavy atom. The SMILES string of the molecule is S=c1[nH]nc(Cl)cc1-c1cc(Cl)cc(Cl)c1. The van der Waals surface area contributed by atoms with Crippen molar-refractivity contribution < 1.29 is 0 Å². The van der Waals surface area contributed by atoms with Gasteiger partial charge in [0, 0.05) is 15.6 Å². The van der Waals surface area contributed by atoms with Crippen LogP contribution in [0.3, 0.4) is 0 Å². The second kappa shape index (κ2) is 4.72. The first kappa shape index (κ1) is 11.9. The summed E-state index contributed by atoms with van der Waals surface area (Å²) >= 11 is 22.7. The minimum Gasteiger partial charge on any atom is -0.266 e. The first-order valence-corrected chi connectivity index (χ1v) is 5.82. The summed E-state index contributed by atoms with van der Waals surface area (Å²) < 4.78 is 0.489. The molecule has 1 heterocycles. The van der Waals surface area contributed by atoms with Gasteiger partial charge in [0.25, 0.3) is 0 Å². The molecule has 82 valence electrons. The molecule has 16 heavy (non-hydrogen) atoms. The van der Waals surface area contributed by atoms with Gasteiger partial charge in [0.15, 0.2) is 0 Å². The van der Waals surface area contributed by atoms with Crippen LogP contribution in [0.2, 0.25) is 15.2 Å². The van der Waals surface area contributed by atoms with Crippen LogP contribution in [-0.4, -0.2) is 10.2 Å². The minimum atomic E-state index is 0.333. The molecule has 2 rings (SSSR count). The lowest BCUT2D eigenvalue weighted by Gasteiger charge is -2.03. The van der Waals surface area contributed by atoms with Crippen molar-refractivity contribution >= 4 is 47.0 Å². The summed E-state index contributed by atoms with van der Waals surface area (Å²) in [5.74, 6) is 0. The van der Waals surface area contributed by atoms with Crippen molar-refractivity contribution in [3.63, 3.8) is 0 Å². The molecule has 1 aromatic carbocycles. The molecule has 0 unspecified atom stereocenters. The van der Waals surface area contributed by atoms with Gasteiger partial charge < -0.3 is 0 Å². The number of aromatic nitrogens is 2. The Hall–Kier alpha value is -0.610. The smallest absolute Gasteiger partial charge is 0.150 e. The number of hydrogen-bond acceptors (Lipinski definition) is 2. The maximum atomic E-state index is 5.91. The van der Waals surface area contributed by atoms with E-state index in [9.17, 15) is 0 Å². The second-order valence-electron chi connectivity index (χ2n) is 3.09. The highest BCUT2D eigenvalue weighted by Crippen LogP contribution is 2.28. The van der Waals surface area contributed by atoms with Gasteiger partial charge in [-0.05, 0) is 29.8 Å². The molecule has 0 amide bonds. The molecule has 0 fully saturated rings. The van der Waals surface area contributed by atoms with E-state index in [0.29, 0.717) is 19.8 Å². The van der Waals surface area contributed by atoms with Gasteiger partial charge in [0.2, 0.25) is 0 Å². The fraction of sp³-hybridized carbons (Fsp3) is 0. The molecule has 0 spiro atoms. The van der Waals surface area contributed by atoms with Crippen LogP contribution in [0, 0.1) is 4.64 Å². The quantitative estimate of drug-likeness (QED) is 0.767. The van der Waals surface area contributed by atoms with E-state index in [4.69, 9.17) is 47.0 Å². The fourth-order valence-electron chi connectivity index (χ4n) is 1.31. The first-order valence-electron chi connectivity index (χ1n) is 4.28. The van der Waals surface area contributed by atoms with Crippen molar-refractivity contribution in [3.05, 3.63) is 44.1 Å². The highest BCUT2D eigenvalue weighted by molar-refractivity contribution is 7.71. The third-order valence-electron chi connectivity index (χ3n) is 1.95. The number of H-pyrrole nitrogens is 1. The van der Waals surface area contributed by atoms with Crippen LogP contribution in [-0.2, 0) is 0 Å². The maximum absolute atomic E-state index is 5.91. The highest BCUT2D eigenvalue weighted by Gasteiger charge is 2.05. The van der Waals surface area contributed by atoms with E-state index in [1.54, 1.807) is 24.3 Å². The van der Waals surface area contributed by atoms with Gasteiger partial charge in [0.05, 0.1) is 0 Å². The molecule has 0 bridgehead atoms. The van der Waals surface area contributed by atoms with E-state index in [2.05, 4.69) is 10.2 Å². The van der Waals surface area contributed by atoms with Crippen LogP contribution in [0.4, 0.5) is 0 Å². The Balaban J connectivity index is 2.67. The number of benzene rings is 1. The molecule has 0 saturated carbocycles. The van der Waals surface area contributed by atoms with Crippen LogP contribution in [0.15, 0.2) is 24.3 Å². The Morgan fingerprint density at radius 3 is 2.25 bits per heavy atom. The van der Waals surface area contributed by atoms with Gasteiger partial charge in [-0.1, -0.05) is 47.0 Å². The first-order chi connectivity index (χ1) is 7.56. The van der Waals surface area contributed by atoms with E-state index in [-0.39, 0.29) is 0 Å². The van der Waals surface area contributed by atoms with Crippen molar-refractivity contribution in [1.82, 2.24) is 10.2 Å². The average molecular weight is 292 g/mol. The molecule has 0 aliphatic heterocycles. The van der Waals surface area contributed by atoms with E-state index < -0.39 is 0 Å². The zero-order chi connectivity index (χ0) is 11.7. The molecule has 1 N–H and O–H groups in total. The Labute approximate surface area is 112 Å². The zero-order valence-electron chi connectivity index (χ0n) is 7.80. The molecule has 2 aromatic rings. The van der Waals surface area contributed by atoms with Gasteiger partial charge in [-0.3, -0.25) is 5.10 Å². The third kappa shape index (κ3) is 2.55. The molecule has 0 saturated heterocycles. The van der Waals surface area contributed by atoms with E-state index in [0.717, 1.165) is 11.1 Å². The minimum absolute atomic E-state index is 0.333. The molecule has 2 nitrogen and oxygen atoms in total. The number of nitrogens with one attached hydrogen (secondary N) is 1. The van der Waals surface area contributed by atoms with Crippen molar-refractivity contribution in [2.24, 2.45) is 0 Å². The topological polar surface area (TPSA) is 28.7 Å². The predicted molar refractivity (Wildman–Crippen MR) is 69.9 cm³/mol. The Kier molecular flexibility index (Phi) is 3.50. The summed E-state index contributed by atoms with van der Waals surface area (Å²) in [5, 5.41) is 7.86. The molecular formula is C10H5Cl3N2S. The maximum Gasteiger partial charge on any atom is 0.150 e. The lowest BCUT2D eigenvalue weighted by Crippen LogP contribution is -1.87. The number of rotatable bonds is 1. The molecule has 6 heteroatoms. The van der Waals surface area contributed by atoms with Gasteiger partial charge in [-0.25, -0.2) is 0 Å². The molecule has 0 aliphatic carbocycles. The van der Waals surface area contributed by atoms with E-state index in [1.165, 1.54) is 0 Å². The number of aromatic amines is 1. The van der Waals surface area contributed by atoms with Crippen LogP contribution in [0.25, 0.3) is 11.1 Å². The standard InChI is InChI=1S/C10H5Cl3N2S/c11-6-1-5(2-7(12)3-6)8-4-9(13)14-15-10(8)16/h1-4H,(H,15,16). The summed E-state index contributed by atoms with van der Waals surface area (Å²) in [7, 11) is 0. The molecule has 1 aromatic heterocycles. The normalized spacial score (nSPS) is 10.4. The van der Waals surface area contributed by atoms with Crippen LogP contribution < -0.4 is 0 Å². The molecule has 0 atom stereocenters. The van der Waals surface area contributed by atoms with Gasteiger partial charge in [-0.15, -0.1) is 0 Å². The number of nitrogens with zero attached hydrogens (tertiary/aromatic N) is 1. The van der Waals surface area contributed by atoms with Gasteiger partial charge in [0.1, 0.15) is 9.79 Å². The summed E-state index contributed by atoms with van der Waals surface area (Å²) in [6.07, 6.45) is 0. The number of hydrogen-bond donors (Lipinski definition) is 1. The predicted octanol–water partition coefficient (Wildman–Crippen LogP) is 4.77. The van der Waals surface area contributed by atoms with Gasteiger partial charge in [-0.2, -0.15) is 5.10 Å². The van der Waals surface area contributed by atoms with Crippen LogP contribution in [0.1, 0.15) is 0 Å². The molecule has 0 radical (unpaired) electrons. The largest absolute Gasteiger partial charge is 0.266 e. The number of halogens is 3. The van der Waals surface area contributed by atoms with Crippen LogP contribution in [0.5, 0.6) is 0 Å². The average Bonchev–Trinajstić information content (AvgIpc) is 2.20. The summed E-state index contributed by atoms with van der Waals surface area (Å²) in [6.45, 7) is 0. The summed E-state index contributed by atoms with van der Waals surface area (Å²) in [6, 6.07) is 6.86. The summed E-state index contributed by atoms with van der Waals surface area (Å²) in [5.41, 5.74) is 1.56. The zero-order valence-corrected chi connectivity index (χ0v) is 10.9. The lowest BCUT2D eigenvalue weighted by molar-refractivity contribution is 1.02. The summed E-state index contributed by atoms with van der Waals surface area (Å²) in [4.78, 5) is 0. The molecule has 0 aliphatic rings. The van der Waals surface area contributed by atoms with Crippen LogP contribution >= 0.6 is 47.0 Å². The van der Waals surface area contributed by atoms with Crippen molar-refractivity contribution in [1.29, 1.82) is 0 Å². The monoisotopic (exact) mass is 290 g/mol. The van der Waals surface area contributed by atoms with Gasteiger partial charge >= 0.3 is 0 Å². The Bertz CT molecular complexity index is 575. The lowest BCUT2D eigenvalue weighted by atomic mass is 10.1. The third-order valence-corrected chi connectivity index (χ3v) is 2.89. The van der Waals surface area contributed by atoms with Crippen molar-refractivity contribution in [2.45, 2.75) is 0 Å². The second-order valence-corrected chi connectivity index (χ2v) is 4.76. The van der Waals surface area contributed by atoms with Crippen molar-refractivity contribution in [2.75, 3.05) is 0 Å². The van der Waals surface area contributed by atoms with E-state index in [1.807, 2.05) is 0 Å². The van der Waals surface area contributed by atoms with E-state index >= 15 is 0 Å².